The molecule has 118 valence electrons. The summed E-state index contributed by atoms with van der Waals surface area (Å²) in [5.74, 6) is 0. The summed E-state index contributed by atoms with van der Waals surface area (Å²) in [7, 11) is 0. The first-order chi connectivity index (χ1) is 11.2. The molecule has 0 aliphatic heterocycles. The summed E-state index contributed by atoms with van der Waals surface area (Å²) in [4.78, 5) is 2.41. The van der Waals surface area contributed by atoms with Crippen LogP contribution in [-0.4, -0.2) is 13.3 Å². The normalized spacial score (nSPS) is 10.6. The van der Waals surface area contributed by atoms with Gasteiger partial charge in [-0.25, -0.2) is 0 Å². The molecule has 1 heteroatoms. The molecule has 23 heavy (non-hydrogen) atoms. The zero-order valence-corrected chi connectivity index (χ0v) is 16.6. The van der Waals surface area contributed by atoms with E-state index in [2.05, 4.69) is 97.8 Å². The van der Waals surface area contributed by atoms with Crippen molar-refractivity contribution in [1.29, 1.82) is 0 Å². The van der Waals surface area contributed by atoms with Crippen LogP contribution >= 0.6 is 0 Å². The van der Waals surface area contributed by atoms with Crippen molar-refractivity contribution in [3.05, 3.63) is 88.2 Å². The summed E-state index contributed by atoms with van der Waals surface area (Å²) in [5, 5.41) is 3.98. The maximum atomic E-state index is 3.47. The van der Waals surface area contributed by atoms with Gasteiger partial charge in [-0.3, -0.25) is 0 Å². The summed E-state index contributed by atoms with van der Waals surface area (Å²) in [6.45, 7) is 7.01. The topological polar surface area (TPSA) is 0 Å². The number of rotatable bonds is 6. The maximum absolute atomic E-state index is 3.47. The van der Waals surface area contributed by atoms with Gasteiger partial charge in [0, 0.05) is 0 Å². The Bertz CT molecular complexity index is 646. The molecular weight excluding hydrogens is 337 g/mol. The Morgan fingerprint density at radius 3 is 1.61 bits per heavy atom. The third kappa shape index (κ3) is 4.63. The number of hydrogen-bond donors (Lipinski definition) is 0. The molecule has 0 aliphatic rings. The van der Waals surface area contributed by atoms with E-state index in [0.717, 1.165) is 5.57 Å². The molecule has 0 atom stereocenters. The van der Waals surface area contributed by atoms with Gasteiger partial charge in [0.05, 0.1) is 0 Å². The molecule has 0 heterocycles. The summed E-state index contributed by atoms with van der Waals surface area (Å²) < 4.78 is 0. The van der Waals surface area contributed by atoms with E-state index in [1.54, 1.807) is 0 Å². The molecule has 0 unspecified atom stereocenters. The average molecular weight is 363 g/mol. The first-order valence-corrected chi connectivity index (χ1v) is 14.2. The van der Waals surface area contributed by atoms with Crippen molar-refractivity contribution < 1.29 is 0 Å². The van der Waals surface area contributed by atoms with E-state index in [-0.39, 0.29) is 0 Å². The molecule has 0 bridgehead atoms. The van der Waals surface area contributed by atoms with Crippen LogP contribution in [0, 0.1) is 0 Å². The average Bonchev–Trinajstić information content (AvgIpc) is 2.64. The summed E-state index contributed by atoms with van der Waals surface area (Å²) in [6.07, 6.45) is 0. The van der Waals surface area contributed by atoms with E-state index in [1.807, 2.05) is 0 Å². The van der Waals surface area contributed by atoms with Crippen LogP contribution in [-0.2, 0) is 0 Å². The predicted molar refractivity (Wildman–Crippen MR) is 104 cm³/mol. The Balaban J connectivity index is 2.56. The summed E-state index contributed by atoms with van der Waals surface area (Å²) >= 11 is -1.84. The van der Waals surface area contributed by atoms with Crippen molar-refractivity contribution in [1.82, 2.24) is 0 Å². The molecule has 2 rings (SSSR count). The van der Waals surface area contributed by atoms with Crippen LogP contribution in [0.25, 0.3) is 5.57 Å². The second-order valence-corrected chi connectivity index (χ2v) is 16.7. The van der Waals surface area contributed by atoms with Gasteiger partial charge >= 0.3 is 144 Å². The van der Waals surface area contributed by atoms with Gasteiger partial charge in [0.2, 0.25) is 0 Å². The standard InChI is InChI=1S/C22H26Ge/c1-4-23(5-2,6-3)19-13-18-22(20-14-9-7-10-15-20)21-16-11-8-12-17-21/h7-12,14-17,19H,4-6H2,1-3H3. The Morgan fingerprint density at radius 1 is 0.783 bits per heavy atom. The van der Waals surface area contributed by atoms with Gasteiger partial charge in [-0.15, -0.1) is 0 Å². The van der Waals surface area contributed by atoms with Crippen molar-refractivity contribution >= 4 is 18.8 Å². The molecule has 0 fully saturated rings. The van der Waals surface area contributed by atoms with E-state index in [4.69, 9.17) is 0 Å². The van der Waals surface area contributed by atoms with Gasteiger partial charge in [-0.05, 0) is 0 Å². The van der Waals surface area contributed by atoms with Gasteiger partial charge in [0.15, 0.2) is 0 Å². The molecule has 0 nitrogen and oxygen atoms in total. The van der Waals surface area contributed by atoms with Crippen LogP contribution in [0.1, 0.15) is 31.9 Å². The molecule has 0 spiro atoms. The molecule has 0 aromatic heterocycles. The van der Waals surface area contributed by atoms with Crippen molar-refractivity contribution in [3.8, 4) is 0 Å². The Kier molecular flexibility index (Phi) is 6.74. The Morgan fingerprint density at radius 2 is 1.22 bits per heavy atom. The summed E-state index contributed by atoms with van der Waals surface area (Å²) in [6, 6.07) is 21.0. The monoisotopic (exact) mass is 364 g/mol. The van der Waals surface area contributed by atoms with Crippen LogP contribution in [0.2, 0.25) is 15.8 Å². The zero-order valence-electron chi connectivity index (χ0n) is 14.5. The van der Waals surface area contributed by atoms with E-state index < -0.39 is 13.3 Å². The molecule has 0 saturated carbocycles. The fourth-order valence-electron chi connectivity index (χ4n) is 2.84. The quantitative estimate of drug-likeness (QED) is 0.407. The van der Waals surface area contributed by atoms with E-state index in [0.29, 0.717) is 0 Å². The van der Waals surface area contributed by atoms with Crippen LogP contribution < -0.4 is 0 Å². The molecule has 0 N–H and O–H groups in total. The molecule has 0 amide bonds. The first-order valence-electron chi connectivity index (χ1n) is 8.58. The fourth-order valence-corrected chi connectivity index (χ4v) is 8.06. The van der Waals surface area contributed by atoms with Gasteiger partial charge in [-0.1, -0.05) is 0 Å². The van der Waals surface area contributed by atoms with E-state index in [9.17, 15) is 0 Å². The third-order valence-electron chi connectivity index (χ3n) is 4.81. The second kappa shape index (κ2) is 8.80. The van der Waals surface area contributed by atoms with E-state index in [1.165, 1.54) is 26.9 Å². The molecule has 2 aromatic rings. The van der Waals surface area contributed by atoms with E-state index >= 15 is 0 Å². The summed E-state index contributed by atoms with van der Waals surface area (Å²) in [5.41, 5.74) is 10.4. The molecule has 0 aliphatic carbocycles. The fraction of sp³-hybridized carbons (Fsp3) is 0.273. The minimum absolute atomic E-state index is 1.13. The minimum atomic E-state index is -1.84. The van der Waals surface area contributed by atoms with Crippen LogP contribution in [0.3, 0.4) is 0 Å². The van der Waals surface area contributed by atoms with Gasteiger partial charge in [0.25, 0.3) is 0 Å². The zero-order chi connectivity index (χ0) is 16.5. The number of benzene rings is 2. The van der Waals surface area contributed by atoms with Crippen molar-refractivity contribution in [2.24, 2.45) is 0 Å². The molecular formula is C22H26Ge. The van der Waals surface area contributed by atoms with Crippen molar-refractivity contribution in [2.75, 3.05) is 0 Å². The van der Waals surface area contributed by atoms with Crippen LogP contribution in [0.15, 0.2) is 77.0 Å². The SMILES string of the molecule is C[CH2][Ge]([CH]=C=C=C(c1ccccc1)c1ccccc1)([CH2]C)[CH2]C. The molecule has 0 radical (unpaired) electrons. The predicted octanol–water partition coefficient (Wildman–Crippen LogP) is 6.48. The number of hydrogen-bond acceptors (Lipinski definition) is 0. The van der Waals surface area contributed by atoms with Crippen molar-refractivity contribution in [3.63, 3.8) is 0 Å². The first kappa shape index (κ1) is 17.6. The van der Waals surface area contributed by atoms with Crippen LogP contribution in [0.4, 0.5) is 0 Å². The third-order valence-corrected chi connectivity index (χ3v) is 15.3. The Labute approximate surface area is 143 Å². The molecule has 2 aromatic carbocycles. The van der Waals surface area contributed by atoms with Gasteiger partial charge in [-0.2, -0.15) is 0 Å². The molecule has 0 saturated heterocycles. The van der Waals surface area contributed by atoms with Crippen LogP contribution in [0.5, 0.6) is 0 Å². The van der Waals surface area contributed by atoms with Gasteiger partial charge in [0.1, 0.15) is 0 Å². The van der Waals surface area contributed by atoms with Crippen molar-refractivity contribution in [2.45, 2.75) is 36.5 Å². The second-order valence-electron chi connectivity index (χ2n) is 5.94. The van der Waals surface area contributed by atoms with Gasteiger partial charge < -0.3 is 0 Å². The Hall–Kier alpha value is -1.72.